The molecule has 0 atom stereocenters. The summed E-state index contributed by atoms with van der Waals surface area (Å²) in [6, 6.07) is 9.35. The zero-order chi connectivity index (χ0) is 13.9. The molecule has 0 spiro atoms. The smallest absolute Gasteiger partial charge is 0.295 e. The van der Waals surface area contributed by atoms with E-state index in [0.717, 1.165) is 10.0 Å². The average molecular weight is 333 g/mol. The number of hydrogen-bond donors (Lipinski definition) is 0. The van der Waals surface area contributed by atoms with Crippen molar-refractivity contribution in [2.75, 3.05) is 0 Å². The Morgan fingerprint density at radius 1 is 1.20 bits per heavy atom. The van der Waals surface area contributed by atoms with Crippen LogP contribution in [0.2, 0.25) is 0 Å². The van der Waals surface area contributed by atoms with Gasteiger partial charge < -0.3 is 0 Å². The highest BCUT2D eigenvalue weighted by atomic mass is 79.9. The molecule has 0 unspecified atom stereocenters. The number of hydrogen-bond acceptors (Lipinski definition) is 5. The zero-order valence-electron chi connectivity index (χ0n) is 10.2. The molecule has 0 saturated heterocycles. The van der Waals surface area contributed by atoms with E-state index in [1.165, 1.54) is 4.57 Å². The van der Waals surface area contributed by atoms with Gasteiger partial charge in [0.25, 0.3) is 0 Å². The fourth-order valence-electron chi connectivity index (χ4n) is 1.80. The molecule has 2 aromatic heterocycles. The van der Waals surface area contributed by atoms with Crippen molar-refractivity contribution in [2.24, 2.45) is 0 Å². The molecule has 7 heteroatoms. The molecule has 0 amide bonds. The molecule has 2 heterocycles. The Labute approximate surface area is 122 Å². The maximum atomic E-state index is 11.8. The van der Waals surface area contributed by atoms with Gasteiger partial charge in [-0.3, -0.25) is 4.52 Å². The molecule has 3 rings (SSSR count). The van der Waals surface area contributed by atoms with Crippen LogP contribution in [0.1, 0.15) is 5.56 Å². The standard InChI is InChI=1S/C13H9BrN4O2/c14-10-4-1-3-9(7-10)8-18-12(17-20-13(18)19)11-15-5-2-6-16-11/h1-7H,8H2. The summed E-state index contributed by atoms with van der Waals surface area (Å²) in [5.41, 5.74) is 0.946. The Kier molecular flexibility index (Phi) is 3.42. The third-order valence-corrected chi connectivity index (χ3v) is 3.18. The van der Waals surface area contributed by atoms with Gasteiger partial charge in [-0.05, 0) is 23.8 Å². The molecule has 3 aromatic rings. The van der Waals surface area contributed by atoms with Gasteiger partial charge in [0, 0.05) is 16.9 Å². The summed E-state index contributed by atoms with van der Waals surface area (Å²) in [6.07, 6.45) is 3.18. The highest BCUT2D eigenvalue weighted by molar-refractivity contribution is 9.10. The van der Waals surface area contributed by atoms with E-state index in [1.54, 1.807) is 18.5 Å². The Balaban J connectivity index is 2.02. The average Bonchev–Trinajstić information content (AvgIpc) is 2.81. The Morgan fingerprint density at radius 2 is 2.00 bits per heavy atom. The van der Waals surface area contributed by atoms with Crippen molar-refractivity contribution in [2.45, 2.75) is 6.54 Å². The van der Waals surface area contributed by atoms with Crippen LogP contribution in [0.5, 0.6) is 0 Å². The van der Waals surface area contributed by atoms with Gasteiger partial charge in [-0.2, -0.15) is 0 Å². The van der Waals surface area contributed by atoms with Gasteiger partial charge in [0.2, 0.25) is 5.82 Å². The van der Waals surface area contributed by atoms with Gasteiger partial charge >= 0.3 is 5.76 Å². The quantitative estimate of drug-likeness (QED) is 0.734. The predicted octanol–water partition coefficient (Wildman–Crippen LogP) is 2.10. The van der Waals surface area contributed by atoms with Crippen LogP contribution in [-0.2, 0) is 6.54 Å². The fraction of sp³-hybridized carbons (Fsp3) is 0.0769. The van der Waals surface area contributed by atoms with E-state index < -0.39 is 5.76 Å². The van der Waals surface area contributed by atoms with Crippen molar-refractivity contribution in [1.82, 2.24) is 19.7 Å². The van der Waals surface area contributed by atoms with E-state index >= 15 is 0 Å². The third kappa shape index (κ3) is 2.53. The number of halogens is 1. The SMILES string of the molecule is O=c1onc(-c2ncccn2)n1Cc1cccc(Br)c1. The minimum absolute atomic E-state index is 0.315. The fourth-order valence-corrected chi connectivity index (χ4v) is 2.25. The van der Waals surface area contributed by atoms with Gasteiger partial charge in [0.1, 0.15) is 0 Å². The molecule has 6 nitrogen and oxygen atoms in total. The van der Waals surface area contributed by atoms with Crippen molar-refractivity contribution in [3.63, 3.8) is 0 Å². The van der Waals surface area contributed by atoms with Crippen LogP contribution in [0.25, 0.3) is 11.6 Å². The summed E-state index contributed by atoms with van der Waals surface area (Å²) in [7, 11) is 0. The molecular formula is C13H9BrN4O2. The molecule has 0 aliphatic heterocycles. The Hall–Kier alpha value is -2.28. The molecule has 100 valence electrons. The van der Waals surface area contributed by atoms with Crippen LogP contribution in [0.15, 0.2) is 56.5 Å². The molecule has 1 aromatic carbocycles. The molecule has 0 radical (unpaired) electrons. The molecular weight excluding hydrogens is 324 g/mol. The second-order valence-corrected chi connectivity index (χ2v) is 4.98. The number of rotatable bonds is 3. The van der Waals surface area contributed by atoms with Gasteiger partial charge in [0.15, 0.2) is 5.82 Å². The summed E-state index contributed by atoms with van der Waals surface area (Å²) >= 11 is 3.40. The highest BCUT2D eigenvalue weighted by Gasteiger charge is 2.15. The number of benzene rings is 1. The first kappa shape index (κ1) is 12.7. The maximum Gasteiger partial charge on any atom is 0.442 e. The lowest BCUT2D eigenvalue weighted by Gasteiger charge is -2.04. The van der Waals surface area contributed by atoms with E-state index in [-0.39, 0.29) is 0 Å². The van der Waals surface area contributed by atoms with Crippen molar-refractivity contribution in [3.8, 4) is 11.6 Å². The molecule has 0 aliphatic rings. The largest absolute Gasteiger partial charge is 0.442 e. The summed E-state index contributed by atoms with van der Waals surface area (Å²) < 4.78 is 7.06. The summed E-state index contributed by atoms with van der Waals surface area (Å²) in [4.78, 5) is 19.9. The van der Waals surface area contributed by atoms with Gasteiger partial charge in [-0.15, -0.1) is 0 Å². The Bertz CT molecular complexity index is 782. The van der Waals surface area contributed by atoms with Crippen LogP contribution < -0.4 is 5.76 Å². The number of nitrogens with zero attached hydrogens (tertiary/aromatic N) is 4. The first-order valence-corrected chi connectivity index (χ1v) is 6.62. The summed E-state index contributed by atoms with van der Waals surface area (Å²) in [5.74, 6) is 0.136. The van der Waals surface area contributed by atoms with Crippen LogP contribution in [-0.4, -0.2) is 19.7 Å². The molecule has 0 fully saturated rings. The summed E-state index contributed by atoms with van der Waals surface area (Å²) in [5, 5.41) is 3.74. The lowest BCUT2D eigenvalue weighted by atomic mass is 10.2. The van der Waals surface area contributed by atoms with E-state index in [0.29, 0.717) is 18.2 Å². The van der Waals surface area contributed by atoms with E-state index in [4.69, 9.17) is 4.52 Å². The van der Waals surface area contributed by atoms with Gasteiger partial charge in [0.05, 0.1) is 6.54 Å². The number of aromatic nitrogens is 4. The second kappa shape index (κ2) is 5.38. The van der Waals surface area contributed by atoms with E-state index in [1.807, 2.05) is 24.3 Å². The van der Waals surface area contributed by atoms with Crippen molar-refractivity contribution >= 4 is 15.9 Å². The van der Waals surface area contributed by atoms with Crippen molar-refractivity contribution in [3.05, 3.63) is 63.3 Å². The van der Waals surface area contributed by atoms with Crippen LogP contribution in [0, 0.1) is 0 Å². The Morgan fingerprint density at radius 3 is 2.75 bits per heavy atom. The van der Waals surface area contributed by atoms with Crippen molar-refractivity contribution in [1.29, 1.82) is 0 Å². The van der Waals surface area contributed by atoms with Crippen LogP contribution in [0.3, 0.4) is 0 Å². The van der Waals surface area contributed by atoms with E-state index in [2.05, 4.69) is 31.1 Å². The first-order chi connectivity index (χ1) is 9.74. The molecule has 0 N–H and O–H groups in total. The predicted molar refractivity (Wildman–Crippen MR) is 75.0 cm³/mol. The minimum Gasteiger partial charge on any atom is -0.295 e. The second-order valence-electron chi connectivity index (χ2n) is 4.06. The monoisotopic (exact) mass is 332 g/mol. The highest BCUT2D eigenvalue weighted by Crippen LogP contribution is 2.15. The lowest BCUT2D eigenvalue weighted by Crippen LogP contribution is -2.16. The van der Waals surface area contributed by atoms with Gasteiger partial charge in [-0.25, -0.2) is 19.3 Å². The summed E-state index contributed by atoms with van der Waals surface area (Å²) in [6.45, 7) is 0.343. The zero-order valence-corrected chi connectivity index (χ0v) is 11.8. The lowest BCUT2D eigenvalue weighted by molar-refractivity contribution is 0.378. The van der Waals surface area contributed by atoms with Crippen LogP contribution >= 0.6 is 15.9 Å². The topological polar surface area (TPSA) is 73.8 Å². The first-order valence-electron chi connectivity index (χ1n) is 5.82. The molecule has 0 saturated carbocycles. The molecule has 0 bridgehead atoms. The van der Waals surface area contributed by atoms with Gasteiger partial charge in [-0.1, -0.05) is 33.2 Å². The van der Waals surface area contributed by atoms with Crippen LogP contribution in [0.4, 0.5) is 0 Å². The minimum atomic E-state index is -0.535. The van der Waals surface area contributed by atoms with E-state index in [9.17, 15) is 4.79 Å². The molecule has 0 aliphatic carbocycles. The van der Waals surface area contributed by atoms with Crippen molar-refractivity contribution < 1.29 is 4.52 Å². The maximum absolute atomic E-state index is 11.8. The third-order valence-electron chi connectivity index (χ3n) is 2.68. The normalized spacial score (nSPS) is 10.7. The molecule has 20 heavy (non-hydrogen) atoms.